The van der Waals surface area contributed by atoms with Crippen LogP contribution in [-0.2, 0) is 0 Å². The first-order valence-corrected chi connectivity index (χ1v) is 13.4. The number of benzene rings is 3. The van der Waals surface area contributed by atoms with Crippen LogP contribution in [0.2, 0.25) is 10.0 Å². The Morgan fingerprint density at radius 1 is 0.868 bits per heavy atom. The molecule has 0 aromatic heterocycles. The molecular weight excluding hydrogens is 527 g/mol. The minimum Gasteiger partial charge on any atom is -0.478 e. The van der Waals surface area contributed by atoms with E-state index in [2.05, 4.69) is 9.48 Å². The summed E-state index contributed by atoms with van der Waals surface area (Å²) in [5.41, 5.74) is 2.23. The lowest BCUT2D eigenvalue weighted by Gasteiger charge is -2.21. The van der Waals surface area contributed by atoms with Crippen molar-refractivity contribution in [2.45, 2.75) is 25.7 Å². The highest BCUT2D eigenvalue weighted by atomic mass is 35.5. The first-order valence-electron chi connectivity index (χ1n) is 12.7. The van der Waals surface area contributed by atoms with Gasteiger partial charge in [-0.2, -0.15) is 0 Å². The predicted octanol–water partition coefficient (Wildman–Crippen LogP) is 6.07. The van der Waals surface area contributed by atoms with Crippen molar-refractivity contribution < 1.29 is 24.2 Å². The molecule has 0 spiro atoms. The molecule has 7 nitrogen and oxygen atoms in total. The van der Waals surface area contributed by atoms with E-state index in [1.807, 2.05) is 36.4 Å². The summed E-state index contributed by atoms with van der Waals surface area (Å²) in [6, 6.07) is 12.8. The fraction of sp³-hybridized carbons (Fsp3) is 0.276. The van der Waals surface area contributed by atoms with Crippen LogP contribution in [0.3, 0.4) is 0 Å². The van der Waals surface area contributed by atoms with Crippen LogP contribution in [-0.4, -0.2) is 48.3 Å². The lowest BCUT2D eigenvalue weighted by molar-refractivity contribution is 0.0682. The average molecular weight is 552 g/mol. The second-order valence-corrected chi connectivity index (χ2v) is 10.6. The van der Waals surface area contributed by atoms with E-state index in [0.717, 1.165) is 69.0 Å². The van der Waals surface area contributed by atoms with E-state index in [0.29, 0.717) is 27.9 Å². The molecule has 38 heavy (non-hydrogen) atoms. The maximum absolute atomic E-state index is 12.5. The number of carboxylic acid groups (broad SMARTS) is 2. The molecule has 1 aliphatic carbocycles. The number of carbonyl (C=O) groups is 2. The van der Waals surface area contributed by atoms with E-state index in [-0.39, 0.29) is 26.7 Å². The van der Waals surface area contributed by atoms with Gasteiger partial charge >= 0.3 is 11.9 Å². The molecule has 0 radical (unpaired) electrons. The molecule has 4 aliphatic rings. The molecule has 0 saturated carbocycles. The summed E-state index contributed by atoms with van der Waals surface area (Å²) in [7, 11) is 0. The number of nitrogens with zero attached hydrogens (tertiary/aromatic N) is 2. The van der Waals surface area contributed by atoms with E-state index in [1.165, 1.54) is 0 Å². The highest BCUT2D eigenvalue weighted by Gasteiger charge is 2.30. The summed E-state index contributed by atoms with van der Waals surface area (Å²) < 4.78 is 8.75. The summed E-state index contributed by atoms with van der Waals surface area (Å²) >= 11 is 13.1. The molecule has 0 unspecified atom stereocenters. The van der Waals surface area contributed by atoms with Gasteiger partial charge in [-0.1, -0.05) is 23.2 Å². The number of carboxylic acids is 2. The molecule has 6 rings (SSSR count). The number of fused-ring (bicyclic) bond motifs is 2. The van der Waals surface area contributed by atoms with Gasteiger partial charge in [-0.15, -0.1) is 0 Å². The molecule has 2 fully saturated rings. The normalized spacial score (nSPS) is 15.6. The Morgan fingerprint density at radius 3 is 2.29 bits per heavy atom. The second kappa shape index (κ2) is 9.64. The summed E-state index contributed by atoms with van der Waals surface area (Å²) in [6.07, 6.45) is 4.48. The van der Waals surface area contributed by atoms with Crippen molar-refractivity contribution in [3.63, 3.8) is 0 Å². The van der Waals surface area contributed by atoms with E-state index in [4.69, 9.17) is 27.6 Å². The van der Waals surface area contributed by atoms with Crippen molar-refractivity contribution in [1.82, 2.24) is 4.58 Å². The Balaban J connectivity index is 1.74. The van der Waals surface area contributed by atoms with Gasteiger partial charge in [0.05, 0.1) is 27.2 Å². The number of anilines is 1. The third kappa shape index (κ3) is 4.10. The molecule has 3 aliphatic heterocycles. The highest BCUT2D eigenvalue weighted by Crippen LogP contribution is 2.47. The Labute approximate surface area is 228 Å². The summed E-state index contributed by atoms with van der Waals surface area (Å²) in [4.78, 5) is 26.8. The smallest absolute Gasteiger partial charge is 0.337 e. The predicted molar refractivity (Wildman–Crippen MR) is 148 cm³/mol. The monoisotopic (exact) mass is 551 g/mol. The van der Waals surface area contributed by atoms with Gasteiger partial charge in [-0.25, -0.2) is 14.2 Å². The van der Waals surface area contributed by atoms with Crippen LogP contribution in [0.25, 0.3) is 33.4 Å². The van der Waals surface area contributed by atoms with Crippen molar-refractivity contribution in [3.05, 3.63) is 69.0 Å². The standard InChI is InChI=1S/C29H24Cl2N2O5/c30-21-15-20(28(34)35)27(31)26(25(21)29(36)37)24-18-7-5-16(32-9-1-2-10-32)13-22(18)38-23-14-17(6-8-19(23)24)33-11-3-4-12-33/h5-8,13-15H,1-4,9-12H2,(H-,34,35,36,37)/p+1. The van der Waals surface area contributed by atoms with Crippen LogP contribution in [0.1, 0.15) is 46.4 Å². The van der Waals surface area contributed by atoms with E-state index in [9.17, 15) is 19.8 Å². The van der Waals surface area contributed by atoms with Crippen LogP contribution in [0.5, 0.6) is 0 Å². The summed E-state index contributed by atoms with van der Waals surface area (Å²) in [6.45, 7) is 3.82. The second-order valence-electron chi connectivity index (χ2n) is 9.81. The molecule has 2 aromatic carbocycles. The lowest BCUT2D eigenvalue weighted by Crippen LogP contribution is -2.26. The van der Waals surface area contributed by atoms with E-state index >= 15 is 0 Å². The third-order valence-electron chi connectivity index (χ3n) is 7.54. The molecule has 2 N–H and O–H groups in total. The number of hydrogen-bond acceptors (Lipinski definition) is 4. The van der Waals surface area contributed by atoms with Crippen LogP contribution in [0.15, 0.2) is 46.9 Å². The zero-order valence-corrected chi connectivity index (χ0v) is 22.0. The lowest BCUT2D eigenvalue weighted by atomic mass is 9.89. The number of aromatic carboxylic acids is 2. The fourth-order valence-corrected chi connectivity index (χ4v) is 6.32. The zero-order chi connectivity index (χ0) is 26.6. The Morgan fingerprint density at radius 2 is 1.61 bits per heavy atom. The maximum Gasteiger partial charge on any atom is 0.337 e. The van der Waals surface area contributed by atoms with Crippen molar-refractivity contribution in [3.8, 4) is 22.5 Å². The maximum atomic E-state index is 12.5. The highest BCUT2D eigenvalue weighted by molar-refractivity contribution is 6.41. The van der Waals surface area contributed by atoms with Crippen LogP contribution < -0.4 is 14.8 Å². The van der Waals surface area contributed by atoms with Crippen molar-refractivity contribution in [1.29, 1.82) is 0 Å². The van der Waals surface area contributed by atoms with Crippen LogP contribution >= 0.6 is 23.2 Å². The van der Waals surface area contributed by atoms with E-state index in [1.54, 1.807) is 0 Å². The molecule has 2 saturated heterocycles. The topological polar surface area (TPSA) is 94.0 Å². The third-order valence-corrected chi connectivity index (χ3v) is 8.23. The van der Waals surface area contributed by atoms with Gasteiger partial charge in [0.15, 0.2) is 0 Å². The fourth-order valence-electron chi connectivity index (χ4n) is 5.71. The van der Waals surface area contributed by atoms with Gasteiger partial charge in [-0.3, -0.25) is 0 Å². The number of halogens is 2. The molecule has 0 amide bonds. The summed E-state index contributed by atoms with van der Waals surface area (Å²) in [5.74, 6) is -2.04. The minimum atomic E-state index is -1.30. The average Bonchev–Trinajstić information content (AvgIpc) is 3.62. The van der Waals surface area contributed by atoms with E-state index < -0.39 is 11.9 Å². The molecule has 194 valence electrons. The number of rotatable bonds is 4. The van der Waals surface area contributed by atoms with Gasteiger partial charge in [0.2, 0.25) is 5.36 Å². The van der Waals surface area contributed by atoms with Crippen molar-refractivity contribution >= 4 is 51.8 Å². The molecule has 0 atom stereocenters. The Bertz CT molecular complexity index is 1660. The molecule has 3 heterocycles. The first-order chi connectivity index (χ1) is 18.3. The summed E-state index contributed by atoms with van der Waals surface area (Å²) in [5, 5.41) is 21.2. The zero-order valence-electron chi connectivity index (χ0n) is 20.5. The van der Waals surface area contributed by atoms with Gasteiger partial charge in [0.25, 0.3) is 0 Å². The van der Waals surface area contributed by atoms with Crippen molar-refractivity contribution in [2.24, 2.45) is 0 Å². The first kappa shape index (κ1) is 24.8. The Kier molecular flexibility index (Phi) is 6.28. The molecule has 2 aromatic rings. The van der Waals surface area contributed by atoms with Gasteiger partial charge < -0.3 is 19.5 Å². The molecule has 9 heteroatoms. The van der Waals surface area contributed by atoms with Gasteiger partial charge in [-0.05, 0) is 37.1 Å². The Hall–Kier alpha value is -3.55. The SMILES string of the molecule is O=C(O)c1cc(Cl)c(C(=O)O)c(-c2c3ccc(=[N+]4CCCC4)cc-3oc3cc(N4CCCC4)ccc23)c1Cl. The van der Waals surface area contributed by atoms with Gasteiger partial charge in [0.1, 0.15) is 24.4 Å². The number of hydrogen-bond donors (Lipinski definition) is 2. The quantitative estimate of drug-likeness (QED) is 0.236. The van der Waals surface area contributed by atoms with Crippen molar-refractivity contribution in [2.75, 3.05) is 31.1 Å². The largest absolute Gasteiger partial charge is 0.478 e. The minimum absolute atomic E-state index is 0.0673. The van der Waals surface area contributed by atoms with Crippen LogP contribution in [0, 0.1) is 0 Å². The van der Waals surface area contributed by atoms with Crippen LogP contribution in [0.4, 0.5) is 5.69 Å². The molecule has 0 bridgehead atoms. The molecular formula is C29H25Cl2N2O5+. The van der Waals surface area contributed by atoms with Gasteiger partial charge in [0, 0.05) is 65.8 Å².